The van der Waals surface area contributed by atoms with E-state index in [1.807, 2.05) is 13.8 Å². The van der Waals surface area contributed by atoms with E-state index in [2.05, 4.69) is 10.4 Å². The molecule has 1 aromatic heterocycles. The van der Waals surface area contributed by atoms with Crippen LogP contribution in [-0.2, 0) is 7.05 Å². The quantitative estimate of drug-likeness (QED) is 0.645. The summed E-state index contributed by atoms with van der Waals surface area (Å²) in [6.45, 7) is 6.16. The molecule has 0 amide bonds. The molecule has 0 saturated carbocycles. The maximum atomic E-state index is 11.2. The number of ether oxygens (including phenoxy) is 1. The minimum atomic E-state index is -0.398. The smallest absolute Gasteiger partial charge is 0.353 e. The SMILES string of the molecule is CC(C)c1nn(C)c(OCC2CCNC2)c1[N+](=O)[O-]. The number of nitrogens with zero attached hydrogens (tertiary/aromatic N) is 3. The van der Waals surface area contributed by atoms with Gasteiger partial charge in [-0.25, -0.2) is 4.68 Å². The van der Waals surface area contributed by atoms with Gasteiger partial charge in [-0.1, -0.05) is 13.8 Å². The van der Waals surface area contributed by atoms with E-state index in [9.17, 15) is 10.1 Å². The summed E-state index contributed by atoms with van der Waals surface area (Å²) in [4.78, 5) is 10.8. The lowest BCUT2D eigenvalue weighted by Crippen LogP contribution is -2.16. The molecule has 0 aliphatic carbocycles. The molecule has 7 nitrogen and oxygen atoms in total. The molecule has 1 aromatic rings. The minimum absolute atomic E-state index is 0.00269. The Bertz CT molecular complexity index is 464. The van der Waals surface area contributed by atoms with Crippen LogP contribution in [-0.4, -0.2) is 34.4 Å². The van der Waals surface area contributed by atoms with Gasteiger partial charge < -0.3 is 10.1 Å². The Balaban J connectivity index is 2.20. The average molecular weight is 268 g/mol. The van der Waals surface area contributed by atoms with Crippen molar-refractivity contribution in [3.8, 4) is 5.88 Å². The Kier molecular flexibility index (Phi) is 4.04. The van der Waals surface area contributed by atoms with E-state index in [0.29, 0.717) is 18.2 Å². The van der Waals surface area contributed by atoms with Crippen molar-refractivity contribution in [2.24, 2.45) is 13.0 Å². The summed E-state index contributed by atoms with van der Waals surface area (Å²) in [5.74, 6) is 0.676. The van der Waals surface area contributed by atoms with Crippen LogP contribution in [0, 0.1) is 16.0 Å². The van der Waals surface area contributed by atoms with Gasteiger partial charge in [-0.2, -0.15) is 5.10 Å². The second-order valence-electron chi connectivity index (χ2n) is 5.24. The van der Waals surface area contributed by atoms with Crippen LogP contribution in [0.5, 0.6) is 5.88 Å². The first-order chi connectivity index (χ1) is 9.00. The lowest BCUT2D eigenvalue weighted by Gasteiger charge is -2.10. The molecule has 1 aliphatic rings. The summed E-state index contributed by atoms with van der Waals surface area (Å²) in [6.07, 6.45) is 1.04. The fourth-order valence-corrected chi connectivity index (χ4v) is 2.29. The van der Waals surface area contributed by atoms with E-state index in [1.54, 1.807) is 7.05 Å². The fourth-order valence-electron chi connectivity index (χ4n) is 2.29. The van der Waals surface area contributed by atoms with Crippen LogP contribution < -0.4 is 10.1 Å². The lowest BCUT2D eigenvalue weighted by molar-refractivity contribution is -0.386. The van der Waals surface area contributed by atoms with Crippen molar-refractivity contribution in [1.29, 1.82) is 0 Å². The second kappa shape index (κ2) is 5.56. The van der Waals surface area contributed by atoms with E-state index < -0.39 is 4.92 Å². The van der Waals surface area contributed by atoms with Gasteiger partial charge in [0.25, 0.3) is 5.88 Å². The van der Waals surface area contributed by atoms with Crippen molar-refractivity contribution in [2.75, 3.05) is 19.7 Å². The first-order valence-corrected chi connectivity index (χ1v) is 6.55. The van der Waals surface area contributed by atoms with E-state index in [-0.39, 0.29) is 17.5 Å². The number of aryl methyl sites for hydroxylation is 1. The maximum Gasteiger partial charge on any atom is 0.353 e. The molecule has 2 rings (SSSR count). The third-order valence-corrected chi connectivity index (χ3v) is 3.34. The molecule has 1 aliphatic heterocycles. The van der Waals surface area contributed by atoms with Crippen LogP contribution >= 0.6 is 0 Å². The molecule has 0 aromatic carbocycles. The fraction of sp³-hybridized carbons (Fsp3) is 0.750. The van der Waals surface area contributed by atoms with Crippen molar-refractivity contribution in [1.82, 2.24) is 15.1 Å². The molecule has 19 heavy (non-hydrogen) atoms. The van der Waals surface area contributed by atoms with Gasteiger partial charge in [-0.05, 0) is 13.0 Å². The highest BCUT2D eigenvalue weighted by atomic mass is 16.6. The van der Waals surface area contributed by atoms with Gasteiger partial charge in [0.1, 0.15) is 5.69 Å². The van der Waals surface area contributed by atoms with Gasteiger partial charge in [0, 0.05) is 25.4 Å². The molecule has 0 spiro atoms. The predicted octanol–water partition coefficient (Wildman–Crippen LogP) is 1.44. The normalized spacial score (nSPS) is 19.1. The monoisotopic (exact) mass is 268 g/mol. The van der Waals surface area contributed by atoms with Crippen molar-refractivity contribution in [3.05, 3.63) is 15.8 Å². The number of hydrogen-bond donors (Lipinski definition) is 1. The summed E-state index contributed by atoms with van der Waals surface area (Å²) in [7, 11) is 1.68. The highest BCUT2D eigenvalue weighted by Crippen LogP contribution is 2.34. The first-order valence-electron chi connectivity index (χ1n) is 6.55. The molecule has 1 N–H and O–H groups in total. The Hall–Kier alpha value is -1.63. The van der Waals surface area contributed by atoms with Crippen LogP contribution in [0.15, 0.2) is 0 Å². The average Bonchev–Trinajstić information content (AvgIpc) is 2.93. The van der Waals surface area contributed by atoms with Crippen LogP contribution in [0.1, 0.15) is 31.9 Å². The molecule has 1 saturated heterocycles. The molecule has 106 valence electrons. The van der Waals surface area contributed by atoms with Crippen molar-refractivity contribution >= 4 is 5.69 Å². The standard InChI is InChI=1S/C12H20N4O3/c1-8(2)10-11(16(17)18)12(15(3)14-10)19-7-9-4-5-13-6-9/h8-9,13H,4-7H2,1-3H3. The zero-order valence-corrected chi connectivity index (χ0v) is 11.5. The second-order valence-corrected chi connectivity index (χ2v) is 5.24. The molecule has 0 bridgehead atoms. The Morgan fingerprint density at radius 2 is 2.37 bits per heavy atom. The summed E-state index contributed by atoms with van der Waals surface area (Å²) in [5, 5.41) is 18.7. The highest BCUT2D eigenvalue weighted by molar-refractivity contribution is 5.47. The molecule has 1 fully saturated rings. The van der Waals surface area contributed by atoms with Gasteiger partial charge in [0.15, 0.2) is 0 Å². The highest BCUT2D eigenvalue weighted by Gasteiger charge is 2.30. The lowest BCUT2D eigenvalue weighted by atomic mass is 10.1. The minimum Gasteiger partial charge on any atom is -0.473 e. The topological polar surface area (TPSA) is 82.2 Å². The third kappa shape index (κ3) is 2.86. The van der Waals surface area contributed by atoms with Crippen LogP contribution in [0.3, 0.4) is 0 Å². The van der Waals surface area contributed by atoms with Crippen LogP contribution in [0.4, 0.5) is 5.69 Å². The van der Waals surface area contributed by atoms with Crippen molar-refractivity contribution in [2.45, 2.75) is 26.2 Å². The third-order valence-electron chi connectivity index (χ3n) is 3.34. The molecule has 1 atom stereocenters. The predicted molar refractivity (Wildman–Crippen MR) is 70.4 cm³/mol. The maximum absolute atomic E-state index is 11.2. The molecule has 7 heteroatoms. The van der Waals surface area contributed by atoms with Gasteiger partial charge in [0.2, 0.25) is 0 Å². The number of nitro groups is 1. The Labute approximate surface area is 112 Å². The number of aromatic nitrogens is 2. The van der Waals surface area contributed by atoms with E-state index in [1.165, 1.54) is 4.68 Å². The summed E-state index contributed by atoms with van der Waals surface area (Å²) < 4.78 is 7.13. The first kappa shape index (κ1) is 13.8. The summed E-state index contributed by atoms with van der Waals surface area (Å²) in [6, 6.07) is 0. The zero-order chi connectivity index (χ0) is 14.0. The molecular weight excluding hydrogens is 248 g/mol. The number of hydrogen-bond acceptors (Lipinski definition) is 5. The van der Waals surface area contributed by atoms with Crippen LogP contribution in [0.25, 0.3) is 0 Å². The number of nitrogens with one attached hydrogen (secondary N) is 1. The Morgan fingerprint density at radius 3 is 2.89 bits per heavy atom. The van der Waals surface area contributed by atoms with Crippen molar-refractivity contribution in [3.63, 3.8) is 0 Å². The molecular formula is C12H20N4O3. The van der Waals surface area contributed by atoms with Gasteiger partial charge in [0.05, 0.1) is 11.5 Å². The van der Waals surface area contributed by atoms with Crippen LogP contribution in [0.2, 0.25) is 0 Å². The van der Waals surface area contributed by atoms with Gasteiger partial charge in [-0.3, -0.25) is 10.1 Å². The van der Waals surface area contributed by atoms with Crippen molar-refractivity contribution < 1.29 is 9.66 Å². The zero-order valence-electron chi connectivity index (χ0n) is 11.5. The largest absolute Gasteiger partial charge is 0.473 e. The number of rotatable bonds is 5. The molecule has 0 radical (unpaired) electrons. The molecule has 2 heterocycles. The van der Waals surface area contributed by atoms with Gasteiger partial charge in [-0.15, -0.1) is 0 Å². The summed E-state index contributed by atoms with van der Waals surface area (Å²) >= 11 is 0. The van der Waals surface area contributed by atoms with E-state index >= 15 is 0 Å². The van der Waals surface area contributed by atoms with E-state index in [4.69, 9.17) is 4.74 Å². The summed E-state index contributed by atoms with van der Waals surface area (Å²) in [5.41, 5.74) is 0.482. The molecule has 1 unspecified atom stereocenters. The Morgan fingerprint density at radius 1 is 1.63 bits per heavy atom. The van der Waals surface area contributed by atoms with E-state index in [0.717, 1.165) is 19.5 Å². The van der Waals surface area contributed by atoms with Gasteiger partial charge >= 0.3 is 5.69 Å².